The minimum atomic E-state index is -0.526. The Morgan fingerprint density at radius 3 is 2.19 bits per heavy atom. The van der Waals surface area contributed by atoms with Crippen LogP contribution in [0, 0.1) is 0 Å². The highest BCUT2D eigenvalue weighted by Gasteiger charge is 2.27. The molecule has 0 aliphatic heterocycles. The molecule has 0 fully saturated rings. The fourth-order valence-electron chi connectivity index (χ4n) is 2.23. The van der Waals surface area contributed by atoms with E-state index in [0.29, 0.717) is 11.4 Å². The minimum absolute atomic E-state index is 0.0265. The Balaban J connectivity index is 2.07. The van der Waals surface area contributed by atoms with Crippen LogP contribution in [0.25, 0.3) is 0 Å². The van der Waals surface area contributed by atoms with Crippen molar-refractivity contribution >= 4 is 18.6 Å². The average Bonchev–Trinajstić information content (AvgIpc) is 2.95. The van der Waals surface area contributed by atoms with Gasteiger partial charge in [0.1, 0.15) is 12.2 Å². The molecule has 1 atom stereocenters. The highest BCUT2D eigenvalue weighted by molar-refractivity contribution is 7.78. The van der Waals surface area contributed by atoms with Crippen LogP contribution in [-0.2, 0) is 0 Å². The summed E-state index contributed by atoms with van der Waals surface area (Å²) in [6.45, 7) is 0. The molecule has 2 aromatic carbocycles. The minimum Gasteiger partial charge on any atom is -0.293 e. The third kappa shape index (κ3) is 2.87. The monoisotopic (exact) mass is 295 g/mol. The lowest BCUT2D eigenvalue weighted by molar-refractivity contribution is 0.0971. The number of hydrogen-bond donors (Lipinski definition) is 1. The molecule has 21 heavy (non-hydrogen) atoms. The SMILES string of the molecule is O=C(c1ccccc1)C(c1ccccc1)c1ncn(S)n1. The first-order chi connectivity index (χ1) is 10.3. The van der Waals surface area contributed by atoms with Crippen molar-refractivity contribution in [3.8, 4) is 0 Å². The van der Waals surface area contributed by atoms with Crippen LogP contribution in [0.2, 0.25) is 0 Å². The zero-order valence-corrected chi connectivity index (χ0v) is 12.0. The smallest absolute Gasteiger partial charge is 0.178 e. The van der Waals surface area contributed by atoms with Crippen LogP contribution in [0.15, 0.2) is 67.0 Å². The van der Waals surface area contributed by atoms with Gasteiger partial charge >= 0.3 is 0 Å². The Bertz CT molecular complexity index is 740. The van der Waals surface area contributed by atoms with Crippen LogP contribution in [0.3, 0.4) is 0 Å². The van der Waals surface area contributed by atoms with Gasteiger partial charge < -0.3 is 0 Å². The summed E-state index contributed by atoms with van der Waals surface area (Å²) in [5.41, 5.74) is 1.51. The number of hydrogen-bond acceptors (Lipinski definition) is 4. The normalized spacial score (nSPS) is 12.0. The molecule has 1 aromatic heterocycles. The first kappa shape index (κ1) is 13.6. The Labute approximate surface area is 128 Å². The maximum atomic E-state index is 12.8. The van der Waals surface area contributed by atoms with Gasteiger partial charge in [-0.25, -0.2) is 4.98 Å². The summed E-state index contributed by atoms with van der Waals surface area (Å²) >= 11 is 4.10. The van der Waals surface area contributed by atoms with Gasteiger partial charge in [-0.3, -0.25) is 4.79 Å². The second kappa shape index (κ2) is 5.93. The molecular formula is C16H13N3OS. The summed E-state index contributed by atoms with van der Waals surface area (Å²) in [4.78, 5) is 17.0. The van der Waals surface area contributed by atoms with Gasteiger partial charge in [-0.15, -0.1) is 5.10 Å². The van der Waals surface area contributed by atoms with Crippen LogP contribution in [-0.4, -0.2) is 20.0 Å². The highest BCUT2D eigenvalue weighted by atomic mass is 32.1. The van der Waals surface area contributed by atoms with Crippen molar-refractivity contribution in [1.82, 2.24) is 14.2 Å². The standard InChI is InChI=1S/C16H13N3OS/c20-15(13-9-5-2-6-10-13)14(12-7-3-1-4-8-12)16-17-11-19(21)18-16/h1-11,14,21H. The van der Waals surface area contributed by atoms with Crippen LogP contribution in [0.1, 0.15) is 27.7 Å². The van der Waals surface area contributed by atoms with E-state index >= 15 is 0 Å². The molecule has 0 aliphatic rings. The number of Topliss-reactive ketones (excluding diaryl/α,β-unsaturated/α-hetero) is 1. The molecule has 0 spiro atoms. The molecule has 1 heterocycles. The Hall–Kier alpha value is -2.40. The zero-order valence-electron chi connectivity index (χ0n) is 11.1. The van der Waals surface area contributed by atoms with Gasteiger partial charge in [0.2, 0.25) is 0 Å². The topological polar surface area (TPSA) is 47.8 Å². The third-order valence-electron chi connectivity index (χ3n) is 3.21. The lowest BCUT2D eigenvalue weighted by atomic mass is 9.90. The number of rotatable bonds is 4. The maximum Gasteiger partial charge on any atom is 0.178 e. The molecule has 0 aliphatic carbocycles. The predicted molar refractivity (Wildman–Crippen MR) is 83.5 cm³/mol. The number of carbonyl (C=O) groups excluding carboxylic acids is 1. The molecule has 3 aromatic rings. The lowest BCUT2D eigenvalue weighted by Gasteiger charge is -2.13. The maximum absolute atomic E-state index is 12.8. The van der Waals surface area contributed by atoms with Crippen molar-refractivity contribution in [2.45, 2.75) is 5.92 Å². The second-order valence-corrected chi connectivity index (χ2v) is 5.01. The molecule has 0 saturated carbocycles. The number of aromatic nitrogens is 3. The van der Waals surface area contributed by atoms with Crippen molar-refractivity contribution in [2.24, 2.45) is 0 Å². The summed E-state index contributed by atoms with van der Waals surface area (Å²) in [5, 5.41) is 4.18. The molecule has 0 amide bonds. The molecule has 4 nitrogen and oxygen atoms in total. The van der Waals surface area contributed by atoms with Crippen LogP contribution in [0.4, 0.5) is 0 Å². The number of carbonyl (C=O) groups is 1. The molecule has 0 bridgehead atoms. The first-order valence-electron chi connectivity index (χ1n) is 6.51. The average molecular weight is 295 g/mol. The van der Waals surface area contributed by atoms with Crippen molar-refractivity contribution in [1.29, 1.82) is 0 Å². The van der Waals surface area contributed by atoms with E-state index in [0.717, 1.165) is 5.56 Å². The highest BCUT2D eigenvalue weighted by Crippen LogP contribution is 2.26. The van der Waals surface area contributed by atoms with Crippen molar-refractivity contribution in [3.63, 3.8) is 0 Å². The largest absolute Gasteiger partial charge is 0.293 e. The van der Waals surface area contributed by atoms with E-state index in [1.165, 1.54) is 10.4 Å². The number of nitrogens with zero attached hydrogens (tertiary/aromatic N) is 3. The van der Waals surface area contributed by atoms with Crippen LogP contribution >= 0.6 is 12.8 Å². The molecule has 3 rings (SSSR count). The van der Waals surface area contributed by atoms with Crippen LogP contribution in [0.5, 0.6) is 0 Å². The molecule has 0 saturated heterocycles. The summed E-state index contributed by atoms with van der Waals surface area (Å²) in [5.74, 6) is -0.103. The Morgan fingerprint density at radius 1 is 1.00 bits per heavy atom. The number of thiol groups is 1. The fraction of sp³-hybridized carbons (Fsp3) is 0.0625. The first-order valence-corrected chi connectivity index (χ1v) is 6.91. The van der Waals surface area contributed by atoms with Crippen LogP contribution < -0.4 is 0 Å². The third-order valence-corrected chi connectivity index (χ3v) is 3.40. The van der Waals surface area contributed by atoms with Gasteiger partial charge in [0, 0.05) is 5.56 Å². The van der Waals surface area contributed by atoms with E-state index in [1.807, 2.05) is 48.5 Å². The van der Waals surface area contributed by atoms with Gasteiger partial charge in [0.25, 0.3) is 0 Å². The summed E-state index contributed by atoms with van der Waals surface area (Å²) in [7, 11) is 0. The molecule has 0 radical (unpaired) electrons. The number of benzene rings is 2. The number of ketones is 1. The summed E-state index contributed by atoms with van der Waals surface area (Å²) in [6.07, 6.45) is 1.48. The molecule has 1 unspecified atom stereocenters. The molecular weight excluding hydrogens is 282 g/mol. The van der Waals surface area contributed by atoms with E-state index in [9.17, 15) is 4.79 Å². The van der Waals surface area contributed by atoms with E-state index in [4.69, 9.17) is 0 Å². The van der Waals surface area contributed by atoms with E-state index in [-0.39, 0.29) is 5.78 Å². The van der Waals surface area contributed by atoms with E-state index < -0.39 is 5.92 Å². The van der Waals surface area contributed by atoms with E-state index in [2.05, 4.69) is 22.9 Å². The van der Waals surface area contributed by atoms with Crippen molar-refractivity contribution < 1.29 is 4.79 Å². The fourth-order valence-corrected chi connectivity index (χ4v) is 2.38. The predicted octanol–water partition coefficient (Wildman–Crippen LogP) is 2.99. The van der Waals surface area contributed by atoms with Gasteiger partial charge in [0.05, 0.1) is 0 Å². The van der Waals surface area contributed by atoms with Gasteiger partial charge in [0.15, 0.2) is 11.6 Å². The second-order valence-electron chi connectivity index (χ2n) is 4.60. The van der Waals surface area contributed by atoms with Crippen molar-refractivity contribution in [3.05, 3.63) is 83.9 Å². The quantitative estimate of drug-likeness (QED) is 0.594. The molecule has 0 N–H and O–H groups in total. The molecule has 104 valence electrons. The summed E-state index contributed by atoms with van der Waals surface area (Å²) < 4.78 is 1.31. The lowest BCUT2D eigenvalue weighted by Crippen LogP contribution is -2.16. The van der Waals surface area contributed by atoms with E-state index in [1.54, 1.807) is 12.1 Å². The zero-order chi connectivity index (χ0) is 14.7. The summed E-state index contributed by atoms with van der Waals surface area (Å²) in [6, 6.07) is 18.7. The Morgan fingerprint density at radius 2 is 1.62 bits per heavy atom. The van der Waals surface area contributed by atoms with Gasteiger partial charge in [-0.05, 0) is 18.4 Å². The Kier molecular flexibility index (Phi) is 3.83. The van der Waals surface area contributed by atoms with Crippen molar-refractivity contribution in [2.75, 3.05) is 0 Å². The van der Waals surface area contributed by atoms with Gasteiger partial charge in [-0.1, -0.05) is 60.7 Å². The van der Waals surface area contributed by atoms with Gasteiger partial charge in [-0.2, -0.15) is 4.09 Å². The molecule has 5 heteroatoms.